The number of nitrogens with two attached hydrogens (primary N) is 1. The van der Waals surface area contributed by atoms with Gasteiger partial charge >= 0.3 is 0 Å². The lowest BCUT2D eigenvalue weighted by molar-refractivity contribution is 0.342. The van der Waals surface area contributed by atoms with Crippen molar-refractivity contribution < 1.29 is 0 Å². The van der Waals surface area contributed by atoms with E-state index in [0.29, 0.717) is 12.5 Å². The van der Waals surface area contributed by atoms with Crippen molar-refractivity contribution in [1.29, 1.82) is 0 Å². The van der Waals surface area contributed by atoms with E-state index in [0.717, 1.165) is 13.1 Å². The maximum atomic E-state index is 5.83. The highest BCUT2D eigenvalue weighted by Gasteiger charge is 2.07. The Balaban J connectivity index is 4.23. The standard InChI is InChI=1S/C16H33N3/c1-6-10-15(13-17)16(14(3)4)18-11-8-9-12-19(5)7-2/h6,10,14,18H,7-9,11-13,17H2,1-5H3/b10-6-,16-15-. The second kappa shape index (κ2) is 11.1. The number of hydrogen-bond acceptors (Lipinski definition) is 3. The molecule has 0 saturated carbocycles. The highest BCUT2D eigenvalue weighted by atomic mass is 15.1. The molecule has 0 aromatic rings. The first-order chi connectivity index (χ1) is 9.06. The van der Waals surface area contributed by atoms with Crippen LogP contribution in [-0.2, 0) is 0 Å². The van der Waals surface area contributed by atoms with Gasteiger partial charge in [0, 0.05) is 18.8 Å². The molecule has 0 amide bonds. The van der Waals surface area contributed by atoms with Crippen LogP contribution in [0.15, 0.2) is 23.4 Å². The third-order valence-corrected chi connectivity index (χ3v) is 3.33. The molecule has 3 nitrogen and oxygen atoms in total. The fraction of sp³-hybridized carbons (Fsp3) is 0.750. The summed E-state index contributed by atoms with van der Waals surface area (Å²) in [5, 5.41) is 3.58. The highest BCUT2D eigenvalue weighted by molar-refractivity contribution is 5.26. The topological polar surface area (TPSA) is 41.3 Å². The van der Waals surface area contributed by atoms with E-state index in [1.54, 1.807) is 0 Å². The summed E-state index contributed by atoms with van der Waals surface area (Å²) < 4.78 is 0. The van der Waals surface area contributed by atoms with Crippen molar-refractivity contribution in [2.75, 3.05) is 33.2 Å². The third-order valence-electron chi connectivity index (χ3n) is 3.33. The average molecular weight is 267 g/mol. The monoisotopic (exact) mass is 267 g/mol. The molecule has 0 aliphatic carbocycles. The molecule has 0 aliphatic rings. The lowest BCUT2D eigenvalue weighted by atomic mass is 10.0. The minimum atomic E-state index is 0.494. The summed E-state index contributed by atoms with van der Waals surface area (Å²) in [6.45, 7) is 12.6. The normalized spacial score (nSPS) is 13.5. The van der Waals surface area contributed by atoms with Gasteiger partial charge in [-0.3, -0.25) is 0 Å². The van der Waals surface area contributed by atoms with E-state index in [1.165, 1.54) is 30.7 Å². The molecule has 0 heterocycles. The van der Waals surface area contributed by atoms with E-state index in [-0.39, 0.29) is 0 Å². The van der Waals surface area contributed by atoms with Gasteiger partial charge in [0.1, 0.15) is 0 Å². The Morgan fingerprint density at radius 3 is 2.47 bits per heavy atom. The van der Waals surface area contributed by atoms with Gasteiger partial charge in [0.05, 0.1) is 0 Å². The van der Waals surface area contributed by atoms with Crippen LogP contribution in [0.5, 0.6) is 0 Å². The number of allylic oxidation sites excluding steroid dienone is 2. The van der Waals surface area contributed by atoms with E-state index >= 15 is 0 Å². The molecule has 3 heteroatoms. The smallest absolute Gasteiger partial charge is 0.0195 e. The average Bonchev–Trinajstić information content (AvgIpc) is 2.40. The first-order valence-corrected chi connectivity index (χ1v) is 7.54. The second-order valence-electron chi connectivity index (χ2n) is 5.33. The van der Waals surface area contributed by atoms with Crippen LogP contribution in [0.2, 0.25) is 0 Å². The van der Waals surface area contributed by atoms with Gasteiger partial charge in [0.15, 0.2) is 0 Å². The van der Waals surface area contributed by atoms with E-state index in [4.69, 9.17) is 5.73 Å². The molecule has 0 fully saturated rings. The van der Waals surface area contributed by atoms with Crippen LogP contribution < -0.4 is 11.1 Å². The molecule has 0 unspecified atom stereocenters. The minimum Gasteiger partial charge on any atom is -0.388 e. The zero-order valence-electron chi connectivity index (χ0n) is 13.5. The van der Waals surface area contributed by atoms with E-state index < -0.39 is 0 Å². The van der Waals surface area contributed by atoms with Gasteiger partial charge in [-0.15, -0.1) is 0 Å². The van der Waals surface area contributed by atoms with E-state index in [1.807, 2.05) is 6.92 Å². The summed E-state index contributed by atoms with van der Waals surface area (Å²) >= 11 is 0. The van der Waals surface area contributed by atoms with Crippen LogP contribution in [0.4, 0.5) is 0 Å². The molecule has 112 valence electrons. The van der Waals surface area contributed by atoms with Crippen LogP contribution in [0, 0.1) is 5.92 Å². The number of nitrogens with one attached hydrogen (secondary N) is 1. The first kappa shape index (κ1) is 18.2. The minimum absolute atomic E-state index is 0.494. The first-order valence-electron chi connectivity index (χ1n) is 7.54. The van der Waals surface area contributed by atoms with Gasteiger partial charge in [-0.1, -0.05) is 32.9 Å². The molecular weight excluding hydrogens is 234 g/mol. The summed E-state index contributed by atoms with van der Waals surface area (Å²) in [5.74, 6) is 0.494. The molecule has 0 saturated heterocycles. The lowest BCUT2D eigenvalue weighted by Crippen LogP contribution is -2.24. The molecule has 0 aromatic heterocycles. The number of nitrogens with zero attached hydrogens (tertiary/aromatic N) is 1. The van der Waals surface area contributed by atoms with Crippen molar-refractivity contribution >= 4 is 0 Å². The summed E-state index contributed by atoms with van der Waals surface area (Å²) in [6, 6.07) is 0. The number of hydrogen-bond donors (Lipinski definition) is 2. The maximum Gasteiger partial charge on any atom is 0.0195 e. The summed E-state index contributed by atoms with van der Waals surface area (Å²) in [4.78, 5) is 2.35. The van der Waals surface area contributed by atoms with E-state index in [9.17, 15) is 0 Å². The van der Waals surface area contributed by atoms with Crippen molar-refractivity contribution in [3.8, 4) is 0 Å². The molecule has 0 bridgehead atoms. The van der Waals surface area contributed by atoms with Gasteiger partial charge in [-0.05, 0) is 51.4 Å². The Kier molecular flexibility index (Phi) is 10.6. The third kappa shape index (κ3) is 8.06. The van der Waals surface area contributed by atoms with Crippen LogP contribution in [0.3, 0.4) is 0 Å². The summed E-state index contributed by atoms with van der Waals surface area (Å²) in [6.07, 6.45) is 6.62. The predicted octanol–water partition coefficient (Wildman–Crippen LogP) is 2.75. The Bertz CT molecular complexity index is 280. The molecular formula is C16H33N3. The lowest BCUT2D eigenvalue weighted by Gasteiger charge is -2.19. The Labute approximate surface area is 119 Å². The molecule has 0 aromatic carbocycles. The van der Waals surface area contributed by atoms with Gasteiger partial charge < -0.3 is 16.0 Å². The van der Waals surface area contributed by atoms with E-state index in [2.05, 4.69) is 50.2 Å². The molecule has 19 heavy (non-hydrogen) atoms. The molecule has 0 rings (SSSR count). The predicted molar refractivity (Wildman–Crippen MR) is 86.1 cm³/mol. The quantitative estimate of drug-likeness (QED) is 0.472. The van der Waals surface area contributed by atoms with Gasteiger partial charge in [-0.2, -0.15) is 0 Å². The van der Waals surface area contributed by atoms with Crippen molar-refractivity contribution in [2.24, 2.45) is 11.7 Å². The van der Waals surface area contributed by atoms with Gasteiger partial charge in [0.25, 0.3) is 0 Å². The van der Waals surface area contributed by atoms with Gasteiger partial charge in [0.2, 0.25) is 0 Å². The summed E-state index contributed by atoms with van der Waals surface area (Å²) in [5.41, 5.74) is 8.35. The van der Waals surface area contributed by atoms with Crippen LogP contribution in [0.1, 0.15) is 40.5 Å². The van der Waals surface area contributed by atoms with Crippen molar-refractivity contribution in [2.45, 2.75) is 40.5 Å². The largest absolute Gasteiger partial charge is 0.388 e. The zero-order valence-corrected chi connectivity index (χ0v) is 13.5. The Morgan fingerprint density at radius 1 is 1.32 bits per heavy atom. The Hall–Kier alpha value is -0.800. The number of rotatable bonds is 10. The van der Waals surface area contributed by atoms with Crippen LogP contribution in [-0.4, -0.2) is 38.1 Å². The maximum absolute atomic E-state index is 5.83. The summed E-state index contributed by atoms with van der Waals surface area (Å²) in [7, 11) is 2.17. The van der Waals surface area contributed by atoms with Crippen molar-refractivity contribution in [1.82, 2.24) is 10.2 Å². The van der Waals surface area contributed by atoms with Crippen LogP contribution >= 0.6 is 0 Å². The molecule has 0 atom stereocenters. The highest BCUT2D eigenvalue weighted by Crippen LogP contribution is 2.12. The molecule has 0 radical (unpaired) electrons. The fourth-order valence-corrected chi connectivity index (χ4v) is 2.05. The van der Waals surface area contributed by atoms with Gasteiger partial charge in [-0.25, -0.2) is 0 Å². The van der Waals surface area contributed by atoms with Crippen molar-refractivity contribution in [3.63, 3.8) is 0 Å². The van der Waals surface area contributed by atoms with Crippen molar-refractivity contribution in [3.05, 3.63) is 23.4 Å². The van der Waals surface area contributed by atoms with Crippen LogP contribution in [0.25, 0.3) is 0 Å². The molecule has 0 aliphatic heterocycles. The zero-order chi connectivity index (χ0) is 14.7. The Morgan fingerprint density at radius 2 is 2.00 bits per heavy atom. The second-order valence-corrected chi connectivity index (χ2v) is 5.33. The molecule has 3 N–H and O–H groups in total. The fourth-order valence-electron chi connectivity index (χ4n) is 2.05. The number of unbranched alkanes of at least 4 members (excludes halogenated alkanes) is 1. The molecule has 0 spiro atoms. The SMILES string of the molecule is C/C=C\C(CN)=C(\NCCCCN(C)CC)C(C)C.